The van der Waals surface area contributed by atoms with Crippen molar-refractivity contribution in [2.45, 2.75) is 0 Å². The molecule has 4 nitrogen and oxygen atoms in total. The van der Waals surface area contributed by atoms with E-state index in [2.05, 4.69) is 4.98 Å². The van der Waals surface area contributed by atoms with Gasteiger partial charge in [0.2, 0.25) is 0 Å². The van der Waals surface area contributed by atoms with Gasteiger partial charge in [-0.3, -0.25) is 0 Å². The van der Waals surface area contributed by atoms with Crippen LogP contribution in [0.1, 0.15) is 0 Å². The molecule has 0 amide bonds. The van der Waals surface area contributed by atoms with Crippen LogP contribution in [0.5, 0.6) is 0 Å². The molecule has 0 saturated heterocycles. The number of hydrogen-bond donors (Lipinski definition) is 2. The van der Waals surface area contributed by atoms with Gasteiger partial charge in [0.05, 0.1) is 11.4 Å². The molecule has 0 bridgehead atoms. The summed E-state index contributed by atoms with van der Waals surface area (Å²) in [7, 11) is 0. The van der Waals surface area contributed by atoms with E-state index in [1.54, 1.807) is 0 Å². The summed E-state index contributed by atoms with van der Waals surface area (Å²) in [6, 6.07) is 11.4. The van der Waals surface area contributed by atoms with E-state index in [4.69, 9.17) is 11.5 Å². The Morgan fingerprint density at radius 1 is 1.06 bits per heavy atom. The van der Waals surface area contributed by atoms with E-state index in [1.807, 2.05) is 53.2 Å². The average Bonchev–Trinajstić information content (AvgIpc) is 2.74. The van der Waals surface area contributed by atoms with Crippen molar-refractivity contribution in [3.05, 3.63) is 48.8 Å². The molecule has 0 radical (unpaired) electrons. The van der Waals surface area contributed by atoms with Crippen LogP contribution in [0.2, 0.25) is 0 Å². The third-order valence-electron chi connectivity index (χ3n) is 2.70. The molecule has 0 saturated carbocycles. The zero-order valence-electron chi connectivity index (χ0n) is 9.17. The highest BCUT2D eigenvalue weighted by Crippen LogP contribution is 2.22. The van der Waals surface area contributed by atoms with Crippen molar-refractivity contribution in [2.24, 2.45) is 0 Å². The van der Waals surface area contributed by atoms with Gasteiger partial charge in [-0.2, -0.15) is 0 Å². The third kappa shape index (κ3) is 1.59. The number of fused-ring (bicyclic) bond motifs is 1. The summed E-state index contributed by atoms with van der Waals surface area (Å²) in [5.41, 5.74) is 15.7. The van der Waals surface area contributed by atoms with E-state index >= 15 is 0 Å². The number of imidazole rings is 1. The maximum atomic E-state index is 5.87. The number of nitrogens with two attached hydrogens (primary N) is 2. The van der Waals surface area contributed by atoms with E-state index < -0.39 is 0 Å². The molecule has 4 N–H and O–H groups in total. The summed E-state index contributed by atoms with van der Waals surface area (Å²) in [5, 5.41) is 0. The Morgan fingerprint density at radius 2 is 1.94 bits per heavy atom. The van der Waals surface area contributed by atoms with Crippen LogP contribution in [0.3, 0.4) is 0 Å². The van der Waals surface area contributed by atoms with Crippen molar-refractivity contribution in [2.75, 3.05) is 11.5 Å². The van der Waals surface area contributed by atoms with Gasteiger partial charge in [0.1, 0.15) is 0 Å². The lowest BCUT2D eigenvalue weighted by Crippen LogP contribution is -1.90. The minimum atomic E-state index is 0.669. The number of aromatic nitrogens is 2. The predicted octanol–water partition coefficient (Wildman–Crippen LogP) is 2.17. The molecule has 0 aliphatic carbocycles. The van der Waals surface area contributed by atoms with E-state index in [1.165, 1.54) is 0 Å². The van der Waals surface area contributed by atoms with Crippen LogP contribution in [-0.4, -0.2) is 9.38 Å². The molecule has 17 heavy (non-hydrogen) atoms. The molecule has 0 atom stereocenters. The fourth-order valence-electron chi connectivity index (χ4n) is 1.87. The average molecular weight is 224 g/mol. The Labute approximate surface area is 98.5 Å². The molecule has 84 valence electrons. The number of nitrogens with zero attached hydrogens (tertiary/aromatic N) is 2. The molecule has 0 aliphatic heterocycles. The number of hydrogen-bond acceptors (Lipinski definition) is 3. The lowest BCUT2D eigenvalue weighted by molar-refractivity contribution is 1.19. The second kappa shape index (κ2) is 3.52. The quantitative estimate of drug-likeness (QED) is 0.622. The first-order valence-electron chi connectivity index (χ1n) is 5.33. The molecule has 0 spiro atoms. The van der Waals surface area contributed by atoms with Gasteiger partial charge >= 0.3 is 0 Å². The highest BCUT2D eigenvalue weighted by Gasteiger charge is 2.06. The summed E-state index contributed by atoms with van der Waals surface area (Å²) < 4.78 is 1.91. The van der Waals surface area contributed by atoms with Crippen LogP contribution in [0.25, 0.3) is 16.9 Å². The SMILES string of the molecule is Nc1cccc(-c2cn3cccc(N)c3n2)c1. The summed E-state index contributed by atoms with van der Waals surface area (Å²) in [6.45, 7) is 0. The molecule has 2 aromatic heterocycles. The van der Waals surface area contributed by atoms with Crippen molar-refractivity contribution in [1.82, 2.24) is 9.38 Å². The number of nitrogen functional groups attached to an aromatic ring is 2. The topological polar surface area (TPSA) is 69.3 Å². The minimum Gasteiger partial charge on any atom is -0.399 e. The Morgan fingerprint density at radius 3 is 2.71 bits per heavy atom. The number of pyridine rings is 1. The van der Waals surface area contributed by atoms with Crippen LogP contribution in [0.15, 0.2) is 48.8 Å². The van der Waals surface area contributed by atoms with E-state index in [-0.39, 0.29) is 0 Å². The first-order valence-corrected chi connectivity index (χ1v) is 5.33. The van der Waals surface area contributed by atoms with Gasteiger partial charge in [0.15, 0.2) is 5.65 Å². The van der Waals surface area contributed by atoms with Crippen molar-refractivity contribution in [3.63, 3.8) is 0 Å². The Hall–Kier alpha value is -2.49. The number of anilines is 2. The van der Waals surface area contributed by atoms with E-state index in [0.717, 1.165) is 22.6 Å². The third-order valence-corrected chi connectivity index (χ3v) is 2.70. The maximum absolute atomic E-state index is 5.87. The van der Waals surface area contributed by atoms with Gasteiger partial charge in [-0.1, -0.05) is 12.1 Å². The molecule has 1 aromatic carbocycles. The van der Waals surface area contributed by atoms with Crippen molar-refractivity contribution < 1.29 is 0 Å². The summed E-state index contributed by atoms with van der Waals surface area (Å²) in [5.74, 6) is 0. The Bertz CT molecular complexity index is 685. The van der Waals surface area contributed by atoms with E-state index in [9.17, 15) is 0 Å². The zero-order chi connectivity index (χ0) is 11.8. The molecule has 0 fully saturated rings. The van der Waals surface area contributed by atoms with Crippen LogP contribution in [0.4, 0.5) is 11.4 Å². The normalized spacial score (nSPS) is 10.8. The molecule has 4 heteroatoms. The van der Waals surface area contributed by atoms with Crippen molar-refractivity contribution in [1.29, 1.82) is 0 Å². The van der Waals surface area contributed by atoms with Gasteiger partial charge in [-0.15, -0.1) is 0 Å². The second-order valence-corrected chi connectivity index (χ2v) is 3.95. The summed E-state index contributed by atoms with van der Waals surface area (Å²) >= 11 is 0. The van der Waals surface area contributed by atoms with Gasteiger partial charge < -0.3 is 15.9 Å². The van der Waals surface area contributed by atoms with Gasteiger partial charge in [-0.25, -0.2) is 4.98 Å². The number of benzene rings is 1. The van der Waals surface area contributed by atoms with Crippen LogP contribution < -0.4 is 11.5 Å². The van der Waals surface area contributed by atoms with Crippen molar-refractivity contribution >= 4 is 17.0 Å². The molecule has 0 aliphatic rings. The van der Waals surface area contributed by atoms with Crippen LogP contribution in [-0.2, 0) is 0 Å². The molecular formula is C13H12N4. The lowest BCUT2D eigenvalue weighted by Gasteiger charge is -1.97. The maximum Gasteiger partial charge on any atom is 0.160 e. The first-order chi connectivity index (χ1) is 8.24. The fraction of sp³-hybridized carbons (Fsp3) is 0. The molecular weight excluding hydrogens is 212 g/mol. The smallest absolute Gasteiger partial charge is 0.160 e. The number of rotatable bonds is 1. The largest absolute Gasteiger partial charge is 0.399 e. The Balaban J connectivity index is 2.22. The van der Waals surface area contributed by atoms with E-state index in [0.29, 0.717) is 5.69 Å². The molecule has 0 unspecified atom stereocenters. The zero-order valence-corrected chi connectivity index (χ0v) is 9.17. The highest BCUT2D eigenvalue weighted by atomic mass is 15.0. The summed E-state index contributed by atoms with van der Waals surface area (Å²) in [6.07, 6.45) is 3.87. The molecule has 3 aromatic rings. The van der Waals surface area contributed by atoms with Gasteiger partial charge in [-0.05, 0) is 24.3 Å². The van der Waals surface area contributed by atoms with Gasteiger partial charge in [0, 0.05) is 23.6 Å². The Kier molecular flexibility index (Phi) is 2.01. The van der Waals surface area contributed by atoms with Gasteiger partial charge in [0.25, 0.3) is 0 Å². The second-order valence-electron chi connectivity index (χ2n) is 3.95. The fourth-order valence-corrected chi connectivity index (χ4v) is 1.87. The lowest BCUT2D eigenvalue weighted by atomic mass is 10.1. The summed E-state index contributed by atoms with van der Waals surface area (Å²) in [4.78, 5) is 4.51. The van der Waals surface area contributed by atoms with Crippen LogP contribution >= 0.6 is 0 Å². The highest BCUT2D eigenvalue weighted by molar-refractivity contribution is 5.72. The minimum absolute atomic E-state index is 0.669. The van der Waals surface area contributed by atoms with Crippen LogP contribution in [0, 0.1) is 0 Å². The standard InChI is InChI=1S/C13H12N4/c14-10-4-1-3-9(7-10)12-8-17-6-2-5-11(15)13(17)16-12/h1-8H,14-15H2. The molecule has 3 rings (SSSR count). The first kappa shape index (κ1) is 9.72. The monoisotopic (exact) mass is 224 g/mol. The van der Waals surface area contributed by atoms with Crippen molar-refractivity contribution in [3.8, 4) is 11.3 Å². The predicted molar refractivity (Wildman–Crippen MR) is 69.5 cm³/mol. The molecule has 2 heterocycles.